The van der Waals surface area contributed by atoms with Gasteiger partial charge in [-0.1, -0.05) is 12.5 Å². The van der Waals surface area contributed by atoms with Gasteiger partial charge in [0.15, 0.2) is 0 Å². The summed E-state index contributed by atoms with van der Waals surface area (Å²) < 4.78 is 5.11. The molecule has 2 aliphatic rings. The normalized spacial score (nSPS) is 23.2. The molecule has 7 heteroatoms. The van der Waals surface area contributed by atoms with Gasteiger partial charge in [-0.25, -0.2) is 0 Å². The minimum absolute atomic E-state index is 0.0418. The number of rotatable bonds is 7. The Morgan fingerprint density at radius 2 is 1.93 bits per heavy atom. The summed E-state index contributed by atoms with van der Waals surface area (Å²) in [5.41, 5.74) is 1.71. The molecule has 0 atom stereocenters. The SMILES string of the molecule is CCOC(=O)[C@H]1CC[C@@H](Nc2ccc(CN3CCCCC3)cc2[N+](=O)[O-])CC1. The summed E-state index contributed by atoms with van der Waals surface area (Å²) >= 11 is 0. The van der Waals surface area contributed by atoms with Crippen LogP contribution in [0.25, 0.3) is 0 Å². The molecule has 154 valence electrons. The monoisotopic (exact) mass is 389 g/mol. The van der Waals surface area contributed by atoms with Crippen molar-refractivity contribution in [3.63, 3.8) is 0 Å². The number of anilines is 1. The molecule has 1 aliphatic heterocycles. The molecule has 2 fully saturated rings. The first kappa shape index (κ1) is 20.6. The minimum atomic E-state index is -0.299. The fraction of sp³-hybridized carbons (Fsp3) is 0.667. The molecule has 1 aromatic carbocycles. The van der Waals surface area contributed by atoms with Crippen molar-refractivity contribution in [2.45, 2.75) is 64.5 Å². The fourth-order valence-electron chi connectivity index (χ4n) is 4.28. The first-order valence-corrected chi connectivity index (χ1v) is 10.5. The Labute approximate surface area is 166 Å². The van der Waals surface area contributed by atoms with E-state index < -0.39 is 0 Å². The Bertz CT molecular complexity index is 680. The molecule has 0 radical (unpaired) electrons. The van der Waals surface area contributed by atoms with Crippen molar-refractivity contribution in [3.8, 4) is 0 Å². The van der Waals surface area contributed by atoms with Crippen molar-refractivity contribution >= 4 is 17.3 Å². The highest BCUT2D eigenvalue weighted by atomic mass is 16.6. The minimum Gasteiger partial charge on any atom is -0.466 e. The summed E-state index contributed by atoms with van der Waals surface area (Å²) in [4.78, 5) is 25.6. The zero-order chi connectivity index (χ0) is 19.9. The van der Waals surface area contributed by atoms with Crippen LogP contribution >= 0.6 is 0 Å². The number of ether oxygens (including phenoxy) is 1. The van der Waals surface area contributed by atoms with Gasteiger partial charge in [0.05, 0.1) is 17.4 Å². The quantitative estimate of drug-likeness (QED) is 0.429. The molecule has 3 rings (SSSR count). The van der Waals surface area contributed by atoms with Crippen LogP contribution in [0.3, 0.4) is 0 Å². The van der Waals surface area contributed by atoms with Crippen LogP contribution in [-0.4, -0.2) is 41.5 Å². The van der Waals surface area contributed by atoms with Crippen molar-refractivity contribution in [2.24, 2.45) is 5.92 Å². The second-order valence-electron chi connectivity index (χ2n) is 7.89. The standard InChI is InChI=1S/C21H31N3O4/c1-2-28-21(25)17-7-9-18(10-8-17)22-19-11-6-16(14-20(19)24(26)27)15-23-12-4-3-5-13-23/h6,11,14,17-18,22H,2-5,7-10,12-13,15H2,1H3/t17-,18+. The van der Waals surface area contributed by atoms with Crippen LogP contribution < -0.4 is 5.32 Å². The number of nitro benzene ring substituents is 1. The van der Waals surface area contributed by atoms with Crippen molar-refractivity contribution < 1.29 is 14.5 Å². The molecule has 1 heterocycles. The van der Waals surface area contributed by atoms with Gasteiger partial charge in [-0.15, -0.1) is 0 Å². The van der Waals surface area contributed by atoms with Crippen LogP contribution in [-0.2, 0) is 16.1 Å². The Balaban J connectivity index is 1.60. The maximum absolute atomic E-state index is 11.9. The van der Waals surface area contributed by atoms with E-state index in [9.17, 15) is 14.9 Å². The van der Waals surface area contributed by atoms with E-state index in [-0.39, 0.29) is 28.5 Å². The summed E-state index contributed by atoms with van der Waals surface area (Å²) in [6.07, 6.45) is 6.84. The number of benzene rings is 1. The summed E-state index contributed by atoms with van der Waals surface area (Å²) in [6.45, 7) is 5.13. The molecule has 0 bridgehead atoms. The number of hydrogen-bond donors (Lipinski definition) is 1. The Morgan fingerprint density at radius 1 is 1.21 bits per heavy atom. The van der Waals surface area contributed by atoms with Crippen LogP contribution in [0.1, 0.15) is 57.4 Å². The predicted molar refractivity (Wildman–Crippen MR) is 108 cm³/mol. The largest absolute Gasteiger partial charge is 0.466 e. The maximum atomic E-state index is 11.9. The van der Waals surface area contributed by atoms with Crippen LogP contribution in [0, 0.1) is 16.0 Å². The van der Waals surface area contributed by atoms with Gasteiger partial charge in [0.2, 0.25) is 0 Å². The molecule has 0 aromatic heterocycles. The predicted octanol–water partition coefficient (Wildman–Crippen LogP) is 4.11. The fourth-order valence-corrected chi connectivity index (χ4v) is 4.28. The third kappa shape index (κ3) is 5.44. The van der Waals surface area contributed by atoms with Gasteiger partial charge in [0, 0.05) is 18.7 Å². The molecule has 1 saturated heterocycles. The van der Waals surface area contributed by atoms with E-state index in [4.69, 9.17) is 4.74 Å². The number of hydrogen-bond acceptors (Lipinski definition) is 6. The third-order valence-electron chi connectivity index (χ3n) is 5.82. The third-order valence-corrected chi connectivity index (χ3v) is 5.82. The number of carbonyl (C=O) groups is 1. The van der Waals surface area contributed by atoms with Gasteiger partial charge in [-0.2, -0.15) is 0 Å². The lowest BCUT2D eigenvalue weighted by Crippen LogP contribution is -2.30. The molecule has 0 amide bonds. The van der Waals surface area contributed by atoms with E-state index >= 15 is 0 Å². The van der Waals surface area contributed by atoms with E-state index in [1.807, 2.05) is 19.1 Å². The van der Waals surface area contributed by atoms with Gasteiger partial charge in [0.1, 0.15) is 5.69 Å². The Morgan fingerprint density at radius 3 is 2.57 bits per heavy atom. The smallest absolute Gasteiger partial charge is 0.308 e. The van der Waals surface area contributed by atoms with Crippen molar-refractivity contribution in [3.05, 3.63) is 33.9 Å². The summed E-state index contributed by atoms with van der Waals surface area (Å²) in [7, 11) is 0. The lowest BCUT2D eigenvalue weighted by Gasteiger charge is -2.29. The average Bonchev–Trinajstić information content (AvgIpc) is 2.70. The average molecular weight is 389 g/mol. The molecular formula is C21H31N3O4. The van der Waals surface area contributed by atoms with Crippen LogP contribution in [0.2, 0.25) is 0 Å². The molecule has 1 aromatic rings. The highest BCUT2D eigenvalue weighted by Gasteiger charge is 2.28. The van der Waals surface area contributed by atoms with Gasteiger partial charge in [-0.05, 0) is 70.2 Å². The second kappa shape index (κ2) is 9.87. The lowest BCUT2D eigenvalue weighted by molar-refractivity contribution is -0.384. The summed E-state index contributed by atoms with van der Waals surface area (Å²) in [5, 5.41) is 15.0. The van der Waals surface area contributed by atoms with Crippen molar-refractivity contribution in [1.29, 1.82) is 0 Å². The molecular weight excluding hydrogens is 358 g/mol. The molecule has 0 spiro atoms. The zero-order valence-corrected chi connectivity index (χ0v) is 16.7. The highest BCUT2D eigenvalue weighted by molar-refractivity contribution is 5.72. The van der Waals surface area contributed by atoms with E-state index in [1.54, 1.807) is 6.07 Å². The zero-order valence-electron chi connectivity index (χ0n) is 16.7. The van der Waals surface area contributed by atoms with Gasteiger partial charge < -0.3 is 10.1 Å². The van der Waals surface area contributed by atoms with Gasteiger partial charge in [-0.3, -0.25) is 19.8 Å². The van der Waals surface area contributed by atoms with E-state index in [0.717, 1.165) is 50.9 Å². The maximum Gasteiger partial charge on any atom is 0.308 e. The van der Waals surface area contributed by atoms with Crippen LogP contribution in [0.4, 0.5) is 11.4 Å². The van der Waals surface area contributed by atoms with Crippen molar-refractivity contribution in [2.75, 3.05) is 25.0 Å². The van der Waals surface area contributed by atoms with E-state index in [2.05, 4.69) is 10.2 Å². The number of likely N-dealkylation sites (tertiary alicyclic amines) is 1. The molecule has 0 unspecified atom stereocenters. The Kier molecular flexibility index (Phi) is 7.25. The van der Waals surface area contributed by atoms with Gasteiger partial charge in [0.25, 0.3) is 5.69 Å². The number of nitro groups is 1. The lowest BCUT2D eigenvalue weighted by atomic mass is 9.86. The van der Waals surface area contributed by atoms with Crippen LogP contribution in [0.5, 0.6) is 0 Å². The Hall–Kier alpha value is -2.15. The van der Waals surface area contributed by atoms with Gasteiger partial charge >= 0.3 is 5.97 Å². The number of nitrogens with zero attached hydrogens (tertiary/aromatic N) is 2. The highest BCUT2D eigenvalue weighted by Crippen LogP contribution is 2.32. The number of piperidine rings is 1. The van der Waals surface area contributed by atoms with Crippen molar-refractivity contribution in [1.82, 2.24) is 4.90 Å². The second-order valence-corrected chi connectivity index (χ2v) is 7.89. The molecule has 1 aliphatic carbocycles. The topological polar surface area (TPSA) is 84.7 Å². The molecule has 28 heavy (non-hydrogen) atoms. The van der Waals surface area contributed by atoms with E-state index in [1.165, 1.54) is 19.3 Å². The van der Waals surface area contributed by atoms with E-state index in [0.29, 0.717) is 12.3 Å². The molecule has 1 N–H and O–H groups in total. The number of carbonyl (C=O) groups excluding carboxylic acids is 1. The first-order chi connectivity index (χ1) is 13.6. The summed E-state index contributed by atoms with van der Waals surface area (Å²) in [5.74, 6) is -0.158. The number of esters is 1. The molecule has 7 nitrogen and oxygen atoms in total. The first-order valence-electron chi connectivity index (χ1n) is 10.5. The number of nitrogens with one attached hydrogen (secondary N) is 1. The van der Waals surface area contributed by atoms with Crippen LogP contribution in [0.15, 0.2) is 18.2 Å². The molecule has 1 saturated carbocycles. The summed E-state index contributed by atoms with van der Waals surface area (Å²) in [6, 6.07) is 5.70.